The van der Waals surface area contributed by atoms with Crippen LogP contribution in [0.25, 0.3) is 0 Å². The number of hydrogen-bond donors (Lipinski definition) is 1. The van der Waals surface area contributed by atoms with Crippen LogP contribution in [0.2, 0.25) is 0 Å². The summed E-state index contributed by atoms with van der Waals surface area (Å²) in [5, 5.41) is 4.26. The third-order valence-electron chi connectivity index (χ3n) is 4.84. The van der Waals surface area contributed by atoms with Crippen molar-refractivity contribution in [3.8, 4) is 0 Å². The maximum atomic E-state index is 5.49. The fourth-order valence-electron chi connectivity index (χ4n) is 3.29. The molecule has 1 aliphatic rings. The zero-order valence-electron chi connectivity index (χ0n) is 16.4. The van der Waals surface area contributed by atoms with Gasteiger partial charge in [0.2, 0.25) is 0 Å². The minimum Gasteiger partial charge on any atom is -0.382 e. The molecule has 0 radical (unpaired) electrons. The van der Waals surface area contributed by atoms with E-state index in [1.54, 1.807) is 7.11 Å². The molecule has 144 valence electrons. The van der Waals surface area contributed by atoms with Crippen LogP contribution in [0.3, 0.4) is 0 Å². The van der Waals surface area contributed by atoms with Crippen LogP contribution < -0.4 is 10.5 Å². The Bertz CT molecular complexity index is 791. The lowest BCUT2D eigenvalue weighted by molar-refractivity contribution is 0.0963. The van der Waals surface area contributed by atoms with E-state index >= 15 is 0 Å². The van der Waals surface area contributed by atoms with Crippen molar-refractivity contribution in [1.29, 1.82) is 0 Å². The molecule has 0 saturated carbocycles. The first kappa shape index (κ1) is 19.9. The summed E-state index contributed by atoms with van der Waals surface area (Å²) in [5.74, 6) is 0.506. The third-order valence-corrected chi connectivity index (χ3v) is 5.48. The van der Waals surface area contributed by atoms with Gasteiger partial charge in [-0.3, -0.25) is 10.0 Å². The molecule has 0 amide bonds. The first-order valence-corrected chi connectivity index (χ1v) is 10.1. The fourth-order valence-corrected chi connectivity index (χ4v) is 3.87. The highest BCUT2D eigenvalue weighted by atomic mass is 79.9. The molecular weight excluding hydrogens is 402 g/mol. The molecule has 0 fully saturated rings. The topological polar surface area (TPSA) is 27.7 Å². The molecule has 0 saturated heterocycles. The number of hydrogen-bond acceptors (Lipinski definition) is 4. The summed E-state index contributed by atoms with van der Waals surface area (Å²) in [6.07, 6.45) is 3.06. The van der Waals surface area contributed by atoms with Gasteiger partial charge in [0, 0.05) is 17.8 Å². The normalized spacial score (nSPS) is 15.4. The number of nitrogens with one attached hydrogen (secondary N) is 1. The molecule has 2 aromatic rings. The molecule has 0 bridgehead atoms. The van der Waals surface area contributed by atoms with Crippen LogP contribution in [0.4, 0.5) is 5.69 Å². The summed E-state index contributed by atoms with van der Waals surface area (Å²) < 4.78 is 6.58. The lowest BCUT2D eigenvalue weighted by atomic mass is 10.0. The maximum absolute atomic E-state index is 5.49. The Morgan fingerprint density at radius 3 is 2.48 bits per heavy atom. The highest BCUT2D eigenvalue weighted by Gasteiger charge is 2.26. The van der Waals surface area contributed by atoms with Gasteiger partial charge in [0.25, 0.3) is 0 Å². The molecule has 0 spiro atoms. The molecule has 4 nitrogen and oxygen atoms in total. The van der Waals surface area contributed by atoms with E-state index in [1.807, 2.05) is 6.07 Å². The van der Waals surface area contributed by atoms with Crippen LogP contribution in [0, 0.1) is 0 Å². The van der Waals surface area contributed by atoms with Crippen LogP contribution >= 0.6 is 15.9 Å². The minimum absolute atomic E-state index is 0.200. The molecule has 27 heavy (non-hydrogen) atoms. The van der Waals surface area contributed by atoms with Crippen molar-refractivity contribution in [2.24, 2.45) is 0 Å². The third kappa shape index (κ3) is 4.72. The standard InChI is InChI=1S/C22H28BrN3O/c1-16(2)19-10-11-22(21(23)13-19)26-17(3)14-25(24-26)20(15-27-4)12-18-8-6-5-7-9-18/h5-11,13-14,16,20,24H,12,15H2,1-4H3. The minimum atomic E-state index is 0.200. The molecular formula is C22H28BrN3O. The quantitative estimate of drug-likeness (QED) is 0.651. The largest absolute Gasteiger partial charge is 0.382 e. The van der Waals surface area contributed by atoms with Gasteiger partial charge >= 0.3 is 0 Å². The second-order valence-corrected chi connectivity index (χ2v) is 8.13. The van der Waals surface area contributed by atoms with Crippen molar-refractivity contribution in [2.75, 3.05) is 18.7 Å². The van der Waals surface area contributed by atoms with Gasteiger partial charge in [-0.1, -0.05) is 50.2 Å². The number of allylic oxidation sites excluding steroid dienone is 1. The van der Waals surface area contributed by atoms with E-state index in [-0.39, 0.29) is 6.04 Å². The maximum Gasteiger partial charge on any atom is 0.0740 e. The average molecular weight is 430 g/mol. The van der Waals surface area contributed by atoms with Crippen LogP contribution in [-0.4, -0.2) is 24.8 Å². The van der Waals surface area contributed by atoms with E-state index < -0.39 is 0 Å². The lowest BCUT2D eigenvalue weighted by Gasteiger charge is -2.30. The summed E-state index contributed by atoms with van der Waals surface area (Å²) in [6.45, 7) is 7.18. The van der Waals surface area contributed by atoms with E-state index in [0.29, 0.717) is 12.5 Å². The van der Waals surface area contributed by atoms with Gasteiger partial charge in [0.05, 0.1) is 24.0 Å². The molecule has 2 aromatic carbocycles. The van der Waals surface area contributed by atoms with Gasteiger partial charge in [0.1, 0.15) is 0 Å². The van der Waals surface area contributed by atoms with E-state index in [9.17, 15) is 0 Å². The summed E-state index contributed by atoms with van der Waals surface area (Å²) in [6, 6.07) is 17.3. The number of rotatable bonds is 7. The Labute approximate surface area is 170 Å². The Balaban J connectivity index is 1.78. The zero-order valence-corrected chi connectivity index (χ0v) is 18.0. The van der Waals surface area contributed by atoms with Gasteiger partial charge in [-0.2, -0.15) is 0 Å². The van der Waals surface area contributed by atoms with Crippen molar-refractivity contribution in [3.05, 3.63) is 76.0 Å². The second kappa shape index (κ2) is 8.91. The van der Waals surface area contributed by atoms with Gasteiger partial charge in [-0.25, -0.2) is 0 Å². The first-order chi connectivity index (χ1) is 13.0. The Hall–Kier alpha value is -1.82. The number of nitrogens with zero attached hydrogens (tertiary/aromatic N) is 2. The molecule has 1 N–H and O–H groups in total. The Morgan fingerprint density at radius 2 is 1.85 bits per heavy atom. The fraction of sp³-hybridized carbons (Fsp3) is 0.364. The monoisotopic (exact) mass is 429 g/mol. The van der Waals surface area contributed by atoms with Crippen molar-refractivity contribution in [1.82, 2.24) is 10.5 Å². The molecule has 0 aromatic heterocycles. The van der Waals surface area contributed by atoms with E-state index in [2.05, 4.69) is 101 Å². The number of methoxy groups -OCH3 is 1. The smallest absolute Gasteiger partial charge is 0.0740 e. The Kier molecular flexibility index (Phi) is 6.58. The van der Waals surface area contributed by atoms with E-state index in [4.69, 9.17) is 4.74 Å². The number of ether oxygens (including phenoxy) is 1. The van der Waals surface area contributed by atoms with Gasteiger partial charge in [-0.15, -0.1) is 5.53 Å². The highest BCUT2D eigenvalue weighted by molar-refractivity contribution is 9.10. The van der Waals surface area contributed by atoms with Crippen molar-refractivity contribution in [3.63, 3.8) is 0 Å². The van der Waals surface area contributed by atoms with Crippen molar-refractivity contribution in [2.45, 2.75) is 39.2 Å². The number of hydrazine groups is 2. The first-order valence-electron chi connectivity index (χ1n) is 9.35. The predicted octanol–water partition coefficient (Wildman–Crippen LogP) is 5.23. The van der Waals surface area contributed by atoms with Gasteiger partial charge in [0.15, 0.2) is 0 Å². The van der Waals surface area contributed by atoms with Crippen molar-refractivity contribution >= 4 is 21.6 Å². The van der Waals surface area contributed by atoms with Crippen LogP contribution in [0.1, 0.15) is 37.8 Å². The van der Waals surface area contributed by atoms with Gasteiger partial charge < -0.3 is 4.74 Å². The summed E-state index contributed by atoms with van der Waals surface area (Å²) in [7, 11) is 1.75. The Morgan fingerprint density at radius 1 is 1.11 bits per heavy atom. The average Bonchev–Trinajstić information content (AvgIpc) is 3.03. The van der Waals surface area contributed by atoms with Crippen LogP contribution in [-0.2, 0) is 11.2 Å². The summed E-state index contributed by atoms with van der Waals surface area (Å²) >= 11 is 3.74. The van der Waals surface area contributed by atoms with Crippen LogP contribution in [0.5, 0.6) is 0 Å². The number of halogens is 1. The summed E-state index contributed by atoms with van der Waals surface area (Å²) in [4.78, 5) is 0. The highest BCUT2D eigenvalue weighted by Crippen LogP contribution is 2.33. The summed E-state index contributed by atoms with van der Waals surface area (Å²) in [5.41, 5.74) is 8.38. The second-order valence-electron chi connectivity index (χ2n) is 7.28. The van der Waals surface area contributed by atoms with E-state index in [0.717, 1.165) is 22.3 Å². The number of benzene rings is 2. The number of anilines is 1. The van der Waals surface area contributed by atoms with E-state index in [1.165, 1.54) is 11.1 Å². The zero-order chi connectivity index (χ0) is 19.4. The lowest BCUT2D eigenvalue weighted by Crippen LogP contribution is -2.48. The molecule has 5 heteroatoms. The molecule has 1 heterocycles. The molecule has 1 unspecified atom stereocenters. The molecule has 0 aliphatic carbocycles. The SMILES string of the molecule is COCC(Cc1ccccc1)N1C=C(C)N(c2ccc(C(C)C)cc2Br)N1. The van der Waals surface area contributed by atoms with Crippen molar-refractivity contribution < 1.29 is 4.74 Å². The molecule has 3 rings (SSSR count). The van der Waals surface area contributed by atoms with Crippen LogP contribution in [0.15, 0.2) is 64.9 Å². The molecule has 1 aliphatic heterocycles. The molecule has 1 atom stereocenters. The predicted molar refractivity (Wildman–Crippen MR) is 115 cm³/mol. The van der Waals surface area contributed by atoms with Gasteiger partial charge in [-0.05, 0) is 58.5 Å².